The fourth-order valence-corrected chi connectivity index (χ4v) is 3.30. The summed E-state index contributed by atoms with van der Waals surface area (Å²) in [6.45, 7) is 1.65. The van der Waals surface area contributed by atoms with Crippen LogP contribution in [0.3, 0.4) is 0 Å². The third kappa shape index (κ3) is 5.15. The SMILES string of the molecule is CCc1ccc(CNC(=O)c2c(O)cccc2O[C@@H]2O[C@H](CO)[C@@H](O)[C@H](O)[C@H]2O)cc1. The first kappa shape index (κ1) is 23.0. The summed E-state index contributed by atoms with van der Waals surface area (Å²) in [4.78, 5) is 12.8. The molecule has 1 aliphatic rings. The second kappa shape index (κ2) is 10.1. The molecule has 0 unspecified atom stereocenters. The molecule has 0 spiro atoms. The molecule has 0 saturated carbocycles. The van der Waals surface area contributed by atoms with E-state index in [9.17, 15) is 30.3 Å². The number of amides is 1. The number of ether oxygens (including phenoxy) is 2. The monoisotopic (exact) mass is 433 g/mol. The lowest BCUT2D eigenvalue weighted by Gasteiger charge is -2.39. The maximum Gasteiger partial charge on any atom is 0.259 e. The number of aromatic hydroxyl groups is 1. The van der Waals surface area contributed by atoms with Gasteiger partial charge in [-0.2, -0.15) is 0 Å². The van der Waals surface area contributed by atoms with Crippen LogP contribution in [0.2, 0.25) is 0 Å². The molecular formula is C22H27NO8. The second-order valence-corrected chi connectivity index (χ2v) is 7.32. The Kier molecular flexibility index (Phi) is 7.47. The van der Waals surface area contributed by atoms with Gasteiger partial charge in [0.15, 0.2) is 0 Å². The van der Waals surface area contributed by atoms with Crippen molar-refractivity contribution in [3.63, 3.8) is 0 Å². The number of aliphatic hydroxyl groups is 4. The van der Waals surface area contributed by atoms with Crippen LogP contribution in [0.4, 0.5) is 0 Å². The number of carbonyl (C=O) groups is 1. The molecule has 9 nitrogen and oxygen atoms in total. The van der Waals surface area contributed by atoms with Crippen LogP contribution in [0.25, 0.3) is 0 Å². The van der Waals surface area contributed by atoms with Crippen LogP contribution in [0.15, 0.2) is 42.5 Å². The van der Waals surface area contributed by atoms with E-state index in [0.717, 1.165) is 12.0 Å². The van der Waals surface area contributed by atoms with E-state index in [2.05, 4.69) is 5.32 Å². The summed E-state index contributed by atoms with van der Waals surface area (Å²) in [5.74, 6) is -1.05. The first-order valence-corrected chi connectivity index (χ1v) is 10.0. The number of phenolic OH excluding ortho intramolecular Hbond substituents is 1. The van der Waals surface area contributed by atoms with Crippen molar-refractivity contribution in [1.29, 1.82) is 0 Å². The van der Waals surface area contributed by atoms with Crippen LogP contribution >= 0.6 is 0 Å². The van der Waals surface area contributed by atoms with Crippen molar-refractivity contribution >= 4 is 5.91 Å². The number of aliphatic hydroxyl groups excluding tert-OH is 4. The minimum atomic E-state index is -1.65. The summed E-state index contributed by atoms with van der Waals surface area (Å²) in [6, 6.07) is 11.9. The molecule has 2 aromatic carbocycles. The van der Waals surface area contributed by atoms with Crippen LogP contribution in [0.5, 0.6) is 11.5 Å². The summed E-state index contributed by atoms with van der Waals surface area (Å²) < 4.78 is 10.9. The fraction of sp³-hybridized carbons (Fsp3) is 0.409. The van der Waals surface area contributed by atoms with Gasteiger partial charge in [-0.3, -0.25) is 4.79 Å². The molecule has 1 fully saturated rings. The number of nitrogens with one attached hydrogen (secondary N) is 1. The highest BCUT2D eigenvalue weighted by Crippen LogP contribution is 2.31. The number of aryl methyl sites for hydroxylation is 1. The minimum Gasteiger partial charge on any atom is -0.507 e. The van der Waals surface area contributed by atoms with E-state index >= 15 is 0 Å². The van der Waals surface area contributed by atoms with Gasteiger partial charge in [0.25, 0.3) is 5.91 Å². The second-order valence-electron chi connectivity index (χ2n) is 7.32. The topological polar surface area (TPSA) is 149 Å². The number of benzene rings is 2. The first-order valence-electron chi connectivity index (χ1n) is 10.0. The zero-order valence-corrected chi connectivity index (χ0v) is 17.0. The average Bonchev–Trinajstić information content (AvgIpc) is 2.78. The molecule has 0 bridgehead atoms. The van der Waals surface area contributed by atoms with Gasteiger partial charge in [-0.25, -0.2) is 0 Å². The number of hydrogen-bond donors (Lipinski definition) is 6. The lowest BCUT2D eigenvalue weighted by molar-refractivity contribution is -0.277. The summed E-state index contributed by atoms with van der Waals surface area (Å²) >= 11 is 0. The molecule has 1 saturated heterocycles. The lowest BCUT2D eigenvalue weighted by Crippen LogP contribution is -2.60. The standard InChI is InChI=1S/C22H27NO8/c1-2-12-6-8-13(9-7-12)10-23-21(29)17-14(25)4-3-5-15(17)30-22-20(28)19(27)18(26)16(11-24)31-22/h3-9,16,18-20,22,24-28H,2,10-11H2,1H3,(H,23,29)/t16-,18-,19+,20-,22-/m1/s1. The molecular weight excluding hydrogens is 406 g/mol. The largest absolute Gasteiger partial charge is 0.507 e. The van der Waals surface area contributed by atoms with Gasteiger partial charge in [0.2, 0.25) is 6.29 Å². The van der Waals surface area contributed by atoms with Gasteiger partial charge in [-0.05, 0) is 29.7 Å². The fourth-order valence-electron chi connectivity index (χ4n) is 3.30. The molecule has 1 heterocycles. The highest BCUT2D eigenvalue weighted by Gasteiger charge is 2.45. The van der Waals surface area contributed by atoms with E-state index in [1.54, 1.807) is 0 Å². The Labute approximate surface area is 179 Å². The molecule has 3 rings (SSSR count). The number of phenols is 1. The maximum absolute atomic E-state index is 12.8. The molecule has 9 heteroatoms. The number of rotatable bonds is 7. The Morgan fingerprint density at radius 3 is 2.35 bits per heavy atom. The molecule has 1 amide bonds. The van der Waals surface area contributed by atoms with Crippen molar-refractivity contribution in [3.05, 3.63) is 59.2 Å². The van der Waals surface area contributed by atoms with E-state index in [0.29, 0.717) is 0 Å². The van der Waals surface area contributed by atoms with Crippen molar-refractivity contribution in [2.24, 2.45) is 0 Å². The first-order chi connectivity index (χ1) is 14.8. The molecule has 1 aliphatic heterocycles. The highest BCUT2D eigenvalue weighted by molar-refractivity contribution is 5.99. The van der Waals surface area contributed by atoms with E-state index in [4.69, 9.17) is 9.47 Å². The quantitative estimate of drug-likeness (QED) is 0.359. The van der Waals surface area contributed by atoms with Crippen LogP contribution in [0, 0.1) is 0 Å². The summed E-state index contributed by atoms with van der Waals surface area (Å²) in [5, 5.41) is 52.2. The van der Waals surface area contributed by atoms with Crippen molar-refractivity contribution in [3.8, 4) is 11.5 Å². The Bertz CT molecular complexity index is 886. The van der Waals surface area contributed by atoms with Crippen LogP contribution < -0.4 is 10.1 Å². The predicted octanol–water partition coefficient (Wildman–Crippen LogP) is 0.0633. The third-order valence-corrected chi connectivity index (χ3v) is 5.21. The molecule has 31 heavy (non-hydrogen) atoms. The van der Waals surface area contributed by atoms with Gasteiger partial charge in [-0.1, -0.05) is 37.3 Å². The lowest BCUT2D eigenvalue weighted by atomic mass is 9.99. The van der Waals surface area contributed by atoms with Gasteiger partial charge in [-0.15, -0.1) is 0 Å². The van der Waals surface area contributed by atoms with Gasteiger partial charge >= 0.3 is 0 Å². The molecule has 5 atom stereocenters. The maximum atomic E-state index is 12.8. The van der Waals surface area contributed by atoms with Gasteiger partial charge in [0.1, 0.15) is 41.5 Å². The number of hydrogen-bond acceptors (Lipinski definition) is 8. The molecule has 2 aromatic rings. The summed E-state index contributed by atoms with van der Waals surface area (Å²) in [5.41, 5.74) is 1.87. The van der Waals surface area contributed by atoms with E-state index < -0.39 is 43.2 Å². The van der Waals surface area contributed by atoms with Crippen molar-refractivity contribution in [2.75, 3.05) is 6.61 Å². The van der Waals surface area contributed by atoms with E-state index in [1.165, 1.54) is 23.8 Å². The Morgan fingerprint density at radius 1 is 1.03 bits per heavy atom. The molecule has 0 radical (unpaired) electrons. The van der Waals surface area contributed by atoms with Crippen LogP contribution in [-0.2, 0) is 17.7 Å². The summed E-state index contributed by atoms with van der Waals surface area (Å²) in [6.07, 6.45) is -6.55. The number of carbonyl (C=O) groups excluding carboxylic acids is 1. The molecule has 0 aromatic heterocycles. The van der Waals surface area contributed by atoms with Crippen molar-refractivity contribution < 1.29 is 39.8 Å². The molecule has 6 N–H and O–H groups in total. The predicted molar refractivity (Wildman–Crippen MR) is 109 cm³/mol. The highest BCUT2D eigenvalue weighted by atomic mass is 16.7. The van der Waals surface area contributed by atoms with Crippen molar-refractivity contribution in [1.82, 2.24) is 5.32 Å². The zero-order valence-electron chi connectivity index (χ0n) is 17.0. The zero-order chi connectivity index (χ0) is 22.5. The Balaban J connectivity index is 1.75. The van der Waals surface area contributed by atoms with E-state index in [-0.39, 0.29) is 23.6 Å². The van der Waals surface area contributed by atoms with Gasteiger partial charge in [0, 0.05) is 6.54 Å². The molecule has 168 valence electrons. The van der Waals surface area contributed by atoms with Gasteiger partial charge in [0.05, 0.1) is 6.61 Å². The van der Waals surface area contributed by atoms with Crippen LogP contribution in [-0.4, -0.2) is 68.8 Å². The minimum absolute atomic E-state index is 0.0943. The van der Waals surface area contributed by atoms with E-state index in [1.807, 2.05) is 31.2 Å². The Morgan fingerprint density at radius 2 is 1.71 bits per heavy atom. The average molecular weight is 433 g/mol. The smallest absolute Gasteiger partial charge is 0.259 e. The molecule has 0 aliphatic carbocycles. The van der Waals surface area contributed by atoms with Crippen molar-refractivity contribution in [2.45, 2.75) is 50.6 Å². The Hall–Kier alpha value is -2.69. The van der Waals surface area contributed by atoms with Crippen LogP contribution in [0.1, 0.15) is 28.4 Å². The normalized spacial score (nSPS) is 25.8. The third-order valence-electron chi connectivity index (χ3n) is 5.21. The van der Waals surface area contributed by atoms with Gasteiger partial charge < -0.3 is 40.3 Å². The summed E-state index contributed by atoms with van der Waals surface area (Å²) in [7, 11) is 0.